The summed E-state index contributed by atoms with van der Waals surface area (Å²) < 4.78 is 0. The van der Waals surface area contributed by atoms with Crippen LogP contribution in [0.2, 0.25) is 5.02 Å². The second kappa shape index (κ2) is 5.06. The molecule has 0 spiro atoms. The summed E-state index contributed by atoms with van der Waals surface area (Å²) in [5.74, 6) is 0.0612. The number of carbonyl (C=O) groups is 1. The minimum Gasteiger partial charge on any atom is -0.396 e. The quantitative estimate of drug-likeness (QED) is 0.873. The van der Waals surface area contributed by atoms with E-state index in [1.807, 2.05) is 6.92 Å². The van der Waals surface area contributed by atoms with Crippen LogP contribution in [0.15, 0.2) is 36.5 Å². The van der Waals surface area contributed by atoms with Gasteiger partial charge >= 0.3 is 0 Å². The Morgan fingerprint density at radius 3 is 2.83 bits per heavy atom. The molecular formula is C13H12ClN3O. The van der Waals surface area contributed by atoms with Crippen LogP contribution in [0.25, 0.3) is 0 Å². The number of nitrogen functional groups attached to an aromatic ring is 1. The van der Waals surface area contributed by atoms with Gasteiger partial charge in [-0.3, -0.25) is 4.79 Å². The molecule has 0 aliphatic carbocycles. The smallest absolute Gasteiger partial charge is 0.256 e. The first-order valence-electron chi connectivity index (χ1n) is 5.35. The minimum atomic E-state index is -0.286. The molecule has 0 fully saturated rings. The van der Waals surface area contributed by atoms with Gasteiger partial charge in [-0.15, -0.1) is 0 Å². The number of benzene rings is 1. The molecule has 3 N–H and O–H groups in total. The number of halogens is 1. The van der Waals surface area contributed by atoms with Gasteiger partial charge < -0.3 is 11.1 Å². The van der Waals surface area contributed by atoms with E-state index in [9.17, 15) is 4.79 Å². The highest BCUT2D eigenvalue weighted by Crippen LogP contribution is 2.18. The molecule has 1 aromatic heterocycles. The Morgan fingerprint density at radius 1 is 1.39 bits per heavy atom. The predicted molar refractivity (Wildman–Crippen MR) is 72.8 cm³/mol. The molecular weight excluding hydrogens is 250 g/mol. The van der Waals surface area contributed by atoms with Crippen LogP contribution >= 0.6 is 11.6 Å². The number of pyridine rings is 1. The van der Waals surface area contributed by atoms with E-state index in [2.05, 4.69) is 10.3 Å². The third kappa shape index (κ3) is 2.78. The molecule has 0 saturated heterocycles. The lowest BCUT2D eigenvalue weighted by Gasteiger charge is -2.07. The molecule has 0 aliphatic rings. The van der Waals surface area contributed by atoms with Crippen LogP contribution in [-0.2, 0) is 0 Å². The lowest BCUT2D eigenvalue weighted by Crippen LogP contribution is -2.14. The number of carbonyl (C=O) groups excluding carboxylic acids is 1. The summed E-state index contributed by atoms with van der Waals surface area (Å²) in [6.45, 7) is 1.87. The van der Waals surface area contributed by atoms with Crippen molar-refractivity contribution >= 4 is 29.0 Å². The molecule has 0 radical (unpaired) electrons. The molecule has 0 unspecified atom stereocenters. The Labute approximate surface area is 110 Å². The number of aromatic nitrogens is 1. The zero-order chi connectivity index (χ0) is 13.1. The van der Waals surface area contributed by atoms with Gasteiger partial charge in [0.25, 0.3) is 5.91 Å². The number of aryl methyl sites for hydroxylation is 1. The number of nitrogens with zero attached hydrogens (tertiary/aromatic N) is 1. The summed E-state index contributed by atoms with van der Waals surface area (Å²) in [7, 11) is 0. The fourth-order valence-corrected chi connectivity index (χ4v) is 1.86. The highest BCUT2D eigenvalue weighted by atomic mass is 35.5. The SMILES string of the molecule is Cc1cc(Cl)cc(C(=O)Nc2ncccc2N)c1. The van der Waals surface area contributed by atoms with Gasteiger partial charge in [0.2, 0.25) is 0 Å². The Bertz CT molecular complexity index is 578. The van der Waals surface area contributed by atoms with Crippen LogP contribution in [0, 0.1) is 6.92 Å². The Morgan fingerprint density at radius 2 is 2.17 bits per heavy atom. The molecule has 2 aromatic rings. The van der Waals surface area contributed by atoms with Crippen molar-refractivity contribution in [1.29, 1.82) is 0 Å². The van der Waals surface area contributed by atoms with Gasteiger partial charge in [-0.05, 0) is 42.8 Å². The molecule has 0 saturated carbocycles. The number of anilines is 2. The Balaban J connectivity index is 2.25. The average molecular weight is 262 g/mol. The van der Waals surface area contributed by atoms with Crippen LogP contribution < -0.4 is 11.1 Å². The molecule has 18 heavy (non-hydrogen) atoms. The zero-order valence-corrected chi connectivity index (χ0v) is 10.5. The largest absolute Gasteiger partial charge is 0.396 e. The molecule has 1 heterocycles. The third-order valence-electron chi connectivity index (χ3n) is 2.38. The van der Waals surface area contributed by atoms with Gasteiger partial charge in [0.15, 0.2) is 5.82 Å². The average Bonchev–Trinajstić information content (AvgIpc) is 2.31. The molecule has 1 amide bonds. The van der Waals surface area contributed by atoms with E-state index in [1.165, 1.54) is 0 Å². The third-order valence-corrected chi connectivity index (χ3v) is 2.59. The maximum atomic E-state index is 12.0. The second-order valence-electron chi connectivity index (χ2n) is 3.91. The van der Waals surface area contributed by atoms with Crippen LogP contribution in [0.4, 0.5) is 11.5 Å². The molecule has 0 atom stereocenters. The van der Waals surface area contributed by atoms with Gasteiger partial charge in [-0.2, -0.15) is 0 Å². The van der Waals surface area contributed by atoms with Crippen LogP contribution in [0.3, 0.4) is 0 Å². The fraction of sp³-hybridized carbons (Fsp3) is 0.0769. The van der Waals surface area contributed by atoms with Crippen molar-refractivity contribution in [2.75, 3.05) is 11.1 Å². The maximum Gasteiger partial charge on any atom is 0.256 e. The van der Waals surface area contributed by atoms with Gasteiger partial charge in [0.05, 0.1) is 5.69 Å². The van der Waals surface area contributed by atoms with Crippen molar-refractivity contribution < 1.29 is 4.79 Å². The Hall–Kier alpha value is -2.07. The summed E-state index contributed by atoms with van der Waals surface area (Å²) in [4.78, 5) is 16.0. The van der Waals surface area contributed by atoms with E-state index in [-0.39, 0.29) is 5.91 Å². The molecule has 5 heteroatoms. The number of hydrogen-bond acceptors (Lipinski definition) is 3. The van der Waals surface area contributed by atoms with E-state index in [4.69, 9.17) is 17.3 Å². The van der Waals surface area contributed by atoms with Crippen LogP contribution in [0.5, 0.6) is 0 Å². The number of amides is 1. The van der Waals surface area contributed by atoms with Crippen molar-refractivity contribution in [3.63, 3.8) is 0 Å². The normalized spacial score (nSPS) is 10.1. The first-order chi connectivity index (χ1) is 8.56. The lowest BCUT2D eigenvalue weighted by atomic mass is 10.1. The maximum absolute atomic E-state index is 12.0. The first-order valence-corrected chi connectivity index (χ1v) is 5.73. The molecule has 1 aromatic carbocycles. The summed E-state index contributed by atoms with van der Waals surface area (Å²) in [5, 5.41) is 3.17. The van der Waals surface area contributed by atoms with Gasteiger partial charge in [0, 0.05) is 16.8 Å². The van der Waals surface area contributed by atoms with Crippen molar-refractivity contribution in [2.24, 2.45) is 0 Å². The standard InChI is InChI=1S/C13H12ClN3O/c1-8-5-9(7-10(14)6-8)13(18)17-12-11(15)3-2-4-16-12/h2-7H,15H2,1H3,(H,16,17,18). The van der Waals surface area contributed by atoms with Gasteiger partial charge in [-0.1, -0.05) is 11.6 Å². The fourth-order valence-electron chi connectivity index (χ4n) is 1.57. The van der Waals surface area contributed by atoms with Crippen molar-refractivity contribution in [1.82, 2.24) is 4.98 Å². The molecule has 2 rings (SSSR count). The van der Waals surface area contributed by atoms with E-state index in [1.54, 1.807) is 36.5 Å². The summed E-state index contributed by atoms with van der Waals surface area (Å²) >= 11 is 5.91. The molecule has 0 aliphatic heterocycles. The van der Waals surface area contributed by atoms with Gasteiger partial charge in [-0.25, -0.2) is 4.98 Å². The second-order valence-corrected chi connectivity index (χ2v) is 4.35. The number of hydrogen-bond donors (Lipinski definition) is 2. The van der Waals surface area contributed by atoms with Crippen molar-refractivity contribution in [3.8, 4) is 0 Å². The minimum absolute atomic E-state index is 0.286. The van der Waals surface area contributed by atoms with E-state index in [0.717, 1.165) is 5.56 Å². The summed E-state index contributed by atoms with van der Waals surface area (Å²) in [6, 6.07) is 8.51. The van der Waals surface area contributed by atoms with E-state index < -0.39 is 0 Å². The highest BCUT2D eigenvalue weighted by Gasteiger charge is 2.09. The Kier molecular flexibility index (Phi) is 3.48. The predicted octanol–water partition coefficient (Wildman–Crippen LogP) is 2.88. The monoisotopic (exact) mass is 261 g/mol. The van der Waals surface area contributed by atoms with Gasteiger partial charge in [0.1, 0.15) is 0 Å². The van der Waals surface area contributed by atoms with Crippen molar-refractivity contribution in [3.05, 3.63) is 52.7 Å². The molecule has 4 nitrogen and oxygen atoms in total. The number of rotatable bonds is 2. The van der Waals surface area contributed by atoms with Crippen LogP contribution in [-0.4, -0.2) is 10.9 Å². The zero-order valence-electron chi connectivity index (χ0n) is 9.77. The summed E-state index contributed by atoms with van der Waals surface area (Å²) in [6.07, 6.45) is 1.56. The van der Waals surface area contributed by atoms with Crippen molar-refractivity contribution in [2.45, 2.75) is 6.92 Å². The topological polar surface area (TPSA) is 68.0 Å². The molecule has 92 valence electrons. The first kappa shape index (κ1) is 12.4. The van der Waals surface area contributed by atoms with E-state index in [0.29, 0.717) is 22.1 Å². The summed E-state index contributed by atoms with van der Waals surface area (Å²) in [5.41, 5.74) is 7.52. The molecule has 0 bridgehead atoms. The van der Waals surface area contributed by atoms with E-state index >= 15 is 0 Å². The number of nitrogens with one attached hydrogen (secondary N) is 1. The lowest BCUT2D eigenvalue weighted by molar-refractivity contribution is 0.102. The highest BCUT2D eigenvalue weighted by molar-refractivity contribution is 6.31. The number of nitrogens with two attached hydrogens (primary N) is 1. The van der Waals surface area contributed by atoms with Crippen LogP contribution in [0.1, 0.15) is 15.9 Å².